The average molecular weight is 463 g/mol. The van der Waals surface area contributed by atoms with Crippen molar-refractivity contribution in [3.63, 3.8) is 0 Å². The Kier molecular flexibility index (Phi) is 5.26. The number of ketones is 1. The van der Waals surface area contributed by atoms with Crippen molar-refractivity contribution in [2.75, 3.05) is 4.90 Å². The van der Waals surface area contributed by atoms with E-state index < -0.39 is 17.7 Å². The average Bonchev–Trinajstić information content (AvgIpc) is 3.00. The smallest absolute Gasteiger partial charge is 0.300 e. The maximum atomic E-state index is 13.1. The number of carbonyl (C=O) groups excluding carboxylic acids is 2. The quantitative estimate of drug-likeness (QED) is 0.334. The number of anilines is 1. The maximum absolute atomic E-state index is 13.1. The minimum atomic E-state index is -0.774. The van der Waals surface area contributed by atoms with Crippen LogP contribution in [0.1, 0.15) is 28.3 Å². The van der Waals surface area contributed by atoms with E-state index in [0.29, 0.717) is 16.8 Å². The van der Waals surface area contributed by atoms with Crippen LogP contribution in [0.5, 0.6) is 0 Å². The van der Waals surface area contributed by atoms with E-state index in [4.69, 9.17) is 0 Å². The normalized spacial score (nSPS) is 18.1. The van der Waals surface area contributed by atoms with E-state index in [1.54, 1.807) is 48.8 Å². The van der Waals surface area contributed by atoms with Gasteiger partial charge in [0.05, 0.1) is 11.6 Å². The summed E-state index contributed by atoms with van der Waals surface area (Å²) in [6.45, 7) is 3.87. The molecule has 1 N–H and O–H groups in total. The van der Waals surface area contributed by atoms with Gasteiger partial charge in [0.2, 0.25) is 0 Å². The number of aliphatic hydroxyl groups excluding tert-OH is 1. The second kappa shape index (κ2) is 7.88. The topological polar surface area (TPSA) is 70.5 Å². The Hall–Kier alpha value is -3.25. The molecule has 2 heterocycles. The fourth-order valence-corrected chi connectivity index (χ4v) is 4.04. The third kappa shape index (κ3) is 3.44. The zero-order valence-corrected chi connectivity index (χ0v) is 18.1. The van der Waals surface area contributed by atoms with Gasteiger partial charge >= 0.3 is 0 Å². The first kappa shape index (κ1) is 20.0. The third-order valence-corrected chi connectivity index (χ3v) is 5.70. The number of hydrogen-bond donors (Lipinski definition) is 1. The third-order valence-electron chi connectivity index (χ3n) is 5.17. The first-order valence-corrected chi connectivity index (χ1v) is 10.2. The summed E-state index contributed by atoms with van der Waals surface area (Å²) in [7, 11) is 0. The molecule has 0 spiro atoms. The van der Waals surface area contributed by atoms with Gasteiger partial charge < -0.3 is 5.11 Å². The van der Waals surface area contributed by atoms with Gasteiger partial charge in [-0.15, -0.1) is 0 Å². The van der Waals surface area contributed by atoms with Crippen molar-refractivity contribution in [2.24, 2.45) is 0 Å². The largest absolute Gasteiger partial charge is 0.507 e. The Morgan fingerprint density at radius 3 is 2.43 bits per heavy atom. The lowest BCUT2D eigenvalue weighted by molar-refractivity contribution is -0.132. The fourth-order valence-electron chi connectivity index (χ4n) is 3.77. The molecule has 1 fully saturated rings. The summed E-state index contributed by atoms with van der Waals surface area (Å²) in [5, 5.41) is 11.1. The molecule has 3 aromatic rings. The minimum Gasteiger partial charge on any atom is -0.507 e. The van der Waals surface area contributed by atoms with Crippen molar-refractivity contribution in [2.45, 2.75) is 19.9 Å². The number of hydrogen-bond acceptors (Lipinski definition) is 4. The summed E-state index contributed by atoms with van der Waals surface area (Å²) in [4.78, 5) is 31.8. The Bertz CT molecular complexity index is 1170. The summed E-state index contributed by atoms with van der Waals surface area (Å²) >= 11 is 3.37. The van der Waals surface area contributed by atoms with E-state index >= 15 is 0 Å². The number of nitrogens with zero attached hydrogens (tertiary/aromatic N) is 2. The molecule has 1 amide bonds. The number of aliphatic hydroxyl groups is 1. The molecule has 4 rings (SSSR count). The molecule has 0 saturated carbocycles. The van der Waals surface area contributed by atoms with Crippen LogP contribution in [0.4, 0.5) is 5.69 Å². The lowest BCUT2D eigenvalue weighted by Crippen LogP contribution is -2.30. The maximum Gasteiger partial charge on any atom is 0.300 e. The molecule has 6 heteroatoms. The van der Waals surface area contributed by atoms with E-state index in [2.05, 4.69) is 20.9 Å². The highest BCUT2D eigenvalue weighted by Crippen LogP contribution is 2.43. The Morgan fingerprint density at radius 2 is 1.80 bits per heavy atom. The predicted molar refractivity (Wildman–Crippen MR) is 119 cm³/mol. The van der Waals surface area contributed by atoms with Crippen LogP contribution >= 0.6 is 15.9 Å². The van der Waals surface area contributed by atoms with Gasteiger partial charge in [0.15, 0.2) is 0 Å². The SMILES string of the molecule is Cc1ccc(N2C(=O)C(=O)/C(=C(/O)c3ccc(Br)cc3)C2c2cccnc2)c(C)c1. The van der Waals surface area contributed by atoms with E-state index in [-0.39, 0.29) is 11.3 Å². The Balaban J connectivity index is 1.96. The van der Waals surface area contributed by atoms with Gasteiger partial charge in [0.25, 0.3) is 11.7 Å². The number of Topliss-reactive ketones (excluding diaryl/α,β-unsaturated/α-hetero) is 1. The zero-order valence-electron chi connectivity index (χ0n) is 16.5. The number of amides is 1. The van der Waals surface area contributed by atoms with Crippen LogP contribution in [-0.2, 0) is 9.59 Å². The van der Waals surface area contributed by atoms with E-state index in [1.165, 1.54) is 4.90 Å². The van der Waals surface area contributed by atoms with Gasteiger partial charge in [-0.3, -0.25) is 19.5 Å². The standard InChI is InChI=1S/C24H19BrN2O3/c1-14-5-10-19(15(2)12-14)27-21(17-4-3-11-26-13-17)20(23(29)24(27)30)22(28)16-6-8-18(25)9-7-16/h3-13,21,28H,1-2H3/b22-20+. The summed E-state index contributed by atoms with van der Waals surface area (Å²) in [5.41, 5.74) is 3.72. The van der Waals surface area contributed by atoms with Crippen molar-refractivity contribution in [3.8, 4) is 0 Å². The molecule has 0 radical (unpaired) electrons. The van der Waals surface area contributed by atoms with Crippen molar-refractivity contribution in [1.82, 2.24) is 4.98 Å². The number of rotatable bonds is 3. The number of carbonyl (C=O) groups is 2. The number of halogens is 1. The molecule has 30 heavy (non-hydrogen) atoms. The summed E-state index contributed by atoms with van der Waals surface area (Å²) in [6.07, 6.45) is 3.24. The predicted octanol–water partition coefficient (Wildman–Crippen LogP) is 5.09. The molecular weight excluding hydrogens is 444 g/mol. The van der Waals surface area contributed by atoms with Gasteiger partial charge in [-0.1, -0.05) is 51.8 Å². The molecular formula is C24H19BrN2O3. The van der Waals surface area contributed by atoms with Crippen molar-refractivity contribution in [3.05, 3.63) is 99.3 Å². The van der Waals surface area contributed by atoms with Gasteiger partial charge in [-0.05, 0) is 49.2 Å². The number of aryl methyl sites for hydroxylation is 2. The van der Waals surface area contributed by atoms with Crippen LogP contribution in [0, 0.1) is 13.8 Å². The first-order valence-electron chi connectivity index (χ1n) is 9.42. The molecule has 1 aromatic heterocycles. The lowest BCUT2D eigenvalue weighted by atomic mass is 9.96. The Labute approximate surface area is 182 Å². The highest BCUT2D eigenvalue weighted by Gasteiger charge is 2.47. The van der Waals surface area contributed by atoms with Gasteiger partial charge in [-0.25, -0.2) is 0 Å². The molecule has 2 aromatic carbocycles. The lowest BCUT2D eigenvalue weighted by Gasteiger charge is -2.26. The van der Waals surface area contributed by atoms with Crippen LogP contribution in [0.15, 0.2) is 77.0 Å². The molecule has 1 aliphatic rings. The van der Waals surface area contributed by atoms with Crippen LogP contribution in [0.25, 0.3) is 5.76 Å². The van der Waals surface area contributed by atoms with Gasteiger partial charge in [-0.2, -0.15) is 0 Å². The summed E-state index contributed by atoms with van der Waals surface area (Å²) < 4.78 is 0.846. The number of benzene rings is 2. The molecule has 1 aliphatic heterocycles. The zero-order chi connectivity index (χ0) is 21.4. The van der Waals surface area contributed by atoms with E-state index in [1.807, 2.05) is 32.0 Å². The van der Waals surface area contributed by atoms with Crippen LogP contribution < -0.4 is 4.90 Å². The van der Waals surface area contributed by atoms with Gasteiger partial charge in [0.1, 0.15) is 5.76 Å². The van der Waals surface area contributed by atoms with Crippen LogP contribution in [-0.4, -0.2) is 21.8 Å². The molecule has 150 valence electrons. The van der Waals surface area contributed by atoms with E-state index in [0.717, 1.165) is 15.6 Å². The van der Waals surface area contributed by atoms with Crippen molar-refractivity contribution < 1.29 is 14.7 Å². The molecule has 1 unspecified atom stereocenters. The van der Waals surface area contributed by atoms with Crippen LogP contribution in [0.3, 0.4) is 0 Å². The highest BCUT2D eigenvalue weighted by atomic mass is 79.9. The number of aromatic nitrogens is 1. The monoisotopic (exact) mass is 462 g/mol. The second-order valence-corrected chi connectivity index (χ2v) is 8.17. The second-order valence-electron chi connectivity index (χ2n) is 7.25. The number of pyridine rings is 1. The fraction of sp³-hybridized carbons (Fsp3) is 0.125. The van der Waals surface area contributed by atoms with E-state index in [9.17, 15) is 14.7 Å². The molecule has 5 nitrogen and oxygen atoms in total. The minimum absolute atomic E-state index is 0.0512. The summed E-state index contributed by atoms with van der Waals surface area (Å²) in [5.74, 6) is -1.60. The molecule has 0 aliphatic carbocycles. The van der Waals surface area contributed by atoms with Crippen molar-refractivity contribution >= 4 is 39.1 Å². The molecule has 1 atom stereocenters. The Morgan fingerprint density at radius 1 is 1.07 bits per heavy atom. The van der Waals surface area contributed by atoms with Gasteiger partial charge in [0, 0.05) is 28.1 Å². The first-order chi connectivity index (χ1) is 14.4. The highest BCUT2D eigenvalue weighted by molar-refractivity contribution is 9.10. The summed E-state index contributed by atoms with van der Waals surface area (Å²) in [6, 6.07) is 15.4. The van der Waals surface area contributed by atoms with Crippen molar-refractivity contribution in [1.29, 1.82) is 0 Å². The van der Waals surface area contributed by atoms with Crippen LogP contribution in [0.2, 0.25) is 0 Å². The molecule has 0 bridgehead atoms. The molecule has 1 saturated heterocycles.